The molecule has 0 aromatic heterocycles. The van der Waals surface area contributed by atoms with E-state index in [9.17, 15) is 0 Å². The van der Waals surface area contributed by atoms with Crippen LogP contribution in [0.2, 0.25) is 0 Å². The third-order valence-corrected chi connectivity index (χ3v) is 2.37. The summed E-state index contributed by atoms with van der Waals surface area (Å²) in [5, 5.41) is 3.26. The molecule has 0 radical (unpaired) electrons. The molecule has 1 unspecified atom stereocenters. The SMILES string of the molecule is CC#CCCC(CC1OCCO1)NC. The Morgan fingerprint density at radius 3 is 2.71 bits per heavy atom. The number of rotatable bonds is 5. The largest absolute Gasteiger partial charge is 0.350 e. The molecule has 0 aromatic rings. The number of hydrogen-bond donors (Lipinski definition) is 1. The van der Waals surface area contributed by atoms with Gasteiger partial charge in [-0.2, -0.15) is 0 Å². The molecule has 0 bridgehead atoms. The zero-order valence-electron chi connectivity index (χ0n) is 9.01. The van der Waals surface area contributed by atoms with E-state index in [0.717, 1.165) is 32.5 Å². The van der Waals surface area contributed by atoms with Crippen molar-refractivity contribution in [2.45, 2.75) is 38.5 Å². The van der Waals surface area contributed by atoms with Crippen molar-refractivity contribution in [2.75, 3.05) is 20.3 Å². The highest BCUT2D eigenvalue weighted by Gasteiger charge is 2.19. The normalized spacial score (nSPS) is 19.0. The predicted octanol–water partition coefficient (Wildman–Crippen LogP) is 1.14. The minimum atomic E-state index is -0.0120. The number of nitrogens with one attached hydrogen (secondary N) is 1. The van der Waals surface area contributed by atoms with Crippen molar-refractivity contribution < 1.29 is 9.47 Å². The summed E-state index contributed by atoms with van der Waals surface area (Å²) in [6.45, 7) is 3.34. The minimum Gasteiger partial charge on any atom is -0.350 e. The van der Waals surface area contributed by atoms with Gasteiger partial charge in [-0.05, 0) is 20.4 Å². The third kappa shape index (κ3) is 4.10. The van der Waals surface area contributed by atoms with Crippen LogP contribution in [0.25, 0.3) is 0 Å². The Morgan fingerprint density at radius 1 is 1.43 bits per heavy atom. The summed E-state index contributed by atoms with van der Waals surface area (Å²) in [7, 11) is 1.97. The van der Waals surface area contributed by atoms with Crippen LogP contribution < -0.4 is 5.32 Å². The first kappa shape index (κ1) is 11.5. The summed E-state index contributed by atoms with van der Waals surface area (Å²) in [6, 6.07) is 0.443. The predicted molar refractivity (Wildman–Crippen MR) is 55.8 cm³/mol. The molecule has 0 spiro atoms. The smallest absolute Gasteiger partial charge is 0.159 e. The molecule has 1 aliphatic rings. The van der Waals surface area contributed by atoms with Crippen LogP contribution in [0.1, 0.15) is 26.2 Å². The number of ether oxygens (including phenoxy) is 2. The second kappa shape index (κ2) is 6.83. The molecule has 1 saturated heterocycles. The Morgan fingerprint density at radius 2 is 2.14 bits per heavy atom. The van der Waals surface area contributed by atoms with Gasteiger partial charge < -0.3 is 14.8 Å². The molecule has 0 amide bonds. The van der Waals surface area contributed by atoms with E-state index in [1.54, 1.807) is 0 Å². The van der Waals surface area contributed by atoms with E-state index in [0.29, 0.717) is 6.04 Å². The maximum Gasteiger partial charge on any atom is 0.159 e. The van der Waals surface area contributed by atoms with Gasteiger partial charge in [0.25, 0.3) is 0 Å². The van der Waals surface area contributed by atoms with Crippen LogP contribution in [0.5, 0.6) is 0 Å². The molecule has 80 valence electrons. The van der Waals surface area contributed by atoms with Crippen LogP contribution in [-0.4, -0.2) is 32.6 Å². The molecule has 3 heteroatoms. The molecule has 1 heterocycles. The monoisotopic (exact) mass is 197 g/mol. The van der Waals surface area contributed by atoms with E-state index in [-0.39, 0.29) is 6.29 Å². The van der Waals surface area contributed by atoms with Gasteiger partial charge in [-0.25, -0.2) is 0 Å². The van der Waals surface area contributed by atoms with Crippen molar-refractivity contribution in [1.29, 1.82) is 0 Å². The molecule has 0 aliphatic carbocycles. The van der Waals surface area contributed by atoms with E-state index < -0.39 is 0 Å². The average molecular weight is 197 g/mol. The maximum atomic E-state index is 5.39. The highest BCUT2D eigenvalue weighted by atomic mass is 16.7. The van der Waals surface area contributed by atoms with Gasteiger partial charge in [0.15, 0.2) is 6.29 Å². The highest BCUT2D eigenvalue weighted by Crippen LogP contribution is 2.12. The zero-order valence-corrected chi connectivity index (χ0v) is 9.01. The van der Waals surface area contributed by atoms with Crippen molar-refractivity contribution >= 4 is 0 Å². The van der Waals surface area contributed by atoms with Gasteiger partial charge in [0.05, 0.1) is 13.2 Å². The van der Waals surface area contributed by atoms with Crippen molar-refractivity contribution in [3.05, 3.63) is 0 Å². The molecular weight excluding hydrogens is 178 g/mol. The molecule has 3 nitrogen and oxygen atoms in total. The Labute approximate surface area is 86.2 Å². The average Bonchev–Trinajstić information content (AvgIpc) is 2.69. The lowest BCUT2D eigenvalue weighted by Gasteiger charge is -2.18. The molecular formula is C11H19NO2. The van der Waals surface area contributed by atoms with Crippen molar-refractivity contribution in [3.63, 3.8) is 0 Å². The molecule has 1 aliphatic heterocycles. The lowest BCUT2D eigenvalue weighted by molar-refractivity contribution is -0.0526. The summed E-state index contributed by atoms with van der Waals surface area (Å²) in [5.41, 5.74) is 0. The Balaban J connectivity index is 2.18. The van der Waals surface area contributed by atoms with Crippen molar-refractivity contribution in [1.82, 2.24) is 5.32 Å². The van der Waals surface area contributed by atoms with Crippen LogP contribution in [0, 0.1) is 11.8 Å². The molecule has 1 N–H and O–H groups in total. The fraction of sp³-hybridized carbons (Fsp3) is 0.818. The fourth-order valence-corrected chi connectivity index (χ4v) is 1.53. The Kier molecular flexibility index (Phi) is 5.62. The summed E-state index contributed by atoms with van der Waals surface area (Å²) < 4.78 is 10.8. The summed E-state index contributed by atoms with van der Waals surface area (Å²) >= 11 is 0. The van der Waals surface area contributed by atoms with Crippen LogP contribution in [0.15, 0.2) is 0 Å². The number of hydrogen-bond acceptors (Lipinski definition) is 3. The van der Waals surface area contributed by atoms with E-state index >= 15 is 0 Å². The van der Waals surface area contributed by atoms with Gasteiger partial charge in [0.2, 0.25) is 0 Å². The summed E-state index contributed by atoms with van der Waals surface area (Å²) in [5.74, 6) is 5.97. The van der Waals surface area contributed by atoms with E-state index in [4.69, 9.17) is 9.47 Å². The van der Waals surface area contributed by atoms with E-state index in [1.807, 2.05) is 14.0 Å². The first-order valence-electron chi connectivity index (χ1n) is 5.17. The maximum absolute atomic E-state index is 5.39. The van der Waals surface area contributed by atoms with Gasteiger partial charge in [-0.1, -0.05) is 0 Å². The lowest BCUT2D eigenvalue weighted by Crippen LogP contribution is -2.30. The molecule has 14 heavy (non-hydrogen) atoms. The quantitative estimate of drug-likeness (QED) is 0.670. The van der Waals surface area contributed by atoms with Crippen LogP contribution in [-0.2, 0) is 9.47 Å². The van der Waals surface area contributed by atoms with Crippen LogP contribution in [0.3, 0.4) is 0 Å². The van der Waals surface area contributed by atoms with Crippen molar-refractivity contribution in [3.8, 4) is 11.8 Å². The Hall–Kier alpha value is -0.560. The first-order valence-corrected chi connectivity index (χ1v) is 5.17. The van der Waals surface area contributed by atoms with Crippen molar-refractivity contribution in [2.24, 2.45) is 0 Å². The second-order valence-corrected chi connectivity index (χ2v) is 3.36. The van der Waals surface area contributed by atoms with Crippen LogP contribution in [0.4, 0.5) is 0 Å². The van der Waals surface area contributed by atoms with Crippen LogP contribution >= 0.6 is 0 Å². The molecule has 1 fully saturated rings. The standard InChI is InChI=1S/C11H19NO2/c1-3-4-5-6-10(12-2)9-11-13-7-8-14-11/h10-12H,5-9H2,1-2H3. The van der Waals surface area contributed by atoms with Gasteiger partial charge >= 0.3 is 0 Å². The molecule has 1 rings (SSSR count). The second-order valence-electron chi connectivity index (χ2n) is 3.36. The van der Waals surface area contributed by atoms with E-state index in [1.165, 1.54) is 0 Å². The summed E-state index contributed by atoms with van der Waals surface area (Å²) in [4.78, 5) is 0. The third-order valence-electron chi connectivity index (χ3n) is 2.37. The van der Waals surface area contributed by atoms with E-state index in [2.05, 4.69) is 17.2 Å². The van der Waals surface area contributed by atoms with Gasteiger partial charge in [-0.3, -0.25) is 0 Å². The molecule has 0 saturated carbocycles. The summed E-state index contributed by atoms with van der Waals surface area (Å²) in [6.07, 6.45) is 2.90. The first-order chi connectivity index (χ1) is 6.86. The lowest BCUT2D eigenvalue weighted by atomic mass is 10.1. The minimum absolute atomic E-state index is 0.0120. The van der Waals surface area contributed by atoms with Gasteiger partial charge in [0, 0.05) is 18.9 Å². The Bertz CT molecular complexity index is 201. The topological polar surface area (TPSA) is 30.5 Å². The van der Waals surface area contributed by atoms with Gasteiger partial charge in [0.1, 0.15) is 0 Å². The fourth-order valence-electron chi connectivity index (χ4n) is 1.53. The van der Waals surface area contributed by atoms with Gasteiger partial charge in [-0.15, -0.1) is 11.8 Å². The molecule has 1 atom stereocenters. The highest BCUT2D eigenvalue weighted by molar-refractivity contribution is 4.95. The molecule has 0 aromatic carbocycles. The zero-order chi connectivity index (χ0) is 10.2.